The van der Waals surface area contributed by atoms with Crippen LogP contribution in [0.4, 0.5) is 13.2 Å². The lowest BCUT2D eigenvalue weighted by molar-refractivity contribution is -0.143. The number of piperidine rings is 1. The number of halogens is 4. The number of alkyl halides is 3. The number of nitrogens with one attached hydrogen (secondary N) is 2. The van der Waals surface area contributed by atoms with E-state index in [0.717, 1.165) is 13.1 Å². The second-order valence-corrected chi connectivity index (χ2v) is 8.49. The van der Waals surface area contributed by atoms with Crippen molar-refractivity contribution in [1.82, 2.24) is 20.4 Å². The quantitative estimate of drug-likeness (QED) is 0.318. The first-order chi connectivity index (χ1) is 14.3. The Morgan fingerprint density at radius 2 is 1.87 bits per heavy atom. The molecule has 0 aromatic heterocycles. The Kier molecular flexibility index (Phi) is 10.3. The number of benzene rings is 1. The molecule has 2 aliphatic heterocycles. The van der Waals surface area contributed by atoms with Crippen LogP contribution in [0.25, 0.3) is 0 Å². The van der Waals surface area contributed by atoms with E-state index in [-0.39, 0.29) is 30.0 Å². The molecule has 0 saturated carbocycles. The van der Waals surface area contributed by atoms with Crippen molar-refractivity contribution in [2.45, 2.75) is 64.0 Å². The molecule has 2 N–H and O–H groups in total. The van der Waals surface area contributed by atoms with Gasteiger partial charge in [0.1, 0.15) is 0 Å². The molecular formula is C22H35F3IN5. The van der Waals surface area contributed by atoms with Crippen LogP contribution in [0.1, 0.15) is 43.7 Å². The smallest absolute Gasteiger partial charge is 0.352 e. The Labute approximate surface area is 200 Å². The van der Waals surface area contributed by atoms with Crippen LogP contribution in [-0.2, 0) is 13.1 Å². The van der Waals surface area contributed by atoms with E-state index in [1.165, 1.54) is 35.3 Å². The summed E-state index contributed by atoms with van der Waals surface area (Å²) in [6, 6.07) is 9.02. The molecule has 2 saturated heterocycles. The lowest BCUT2D eigenvalue weighted by Gasteiger charge is -2.33. The Bertz CT molecular complexity index is 713. The zero-order valence-electron chi connectivity index (χ0n) is 18.4. The molecule has 5 nitrogen and oxygen atoms in total. The van der Waals surface area contributed by atoms with Crippen LogP contribution in [-0.4, -0.2) is 67.2 Å². The van der Waals surface area contributed by atoms with Gasteiger partial charge >= 0.3 is 6.18 Å². The van der Waals surface area contributed by atoms with Crippen LogP contribution in [0.2, 0.25) is 0 Å². The van der Waals surface area contributed by atoms with Crippen molar-refractivity contribution in [1.29, 1.82) is 0 Å². The summed E-state index contributed by atoms with van der Waals surface area (Å²) in [6.07, 6.45) is 0.354. The summed E-state index contributed by atoms with van der Waals surface area (Å²) in [7, 11) is 1.69. The van der Waals surface area contributed by atoms with Gasteiger partial charge in [-0.15, -0.1) is 24.0 Å². The highest BCUT2D eigenvalue weighted by Crippen LogP contribution is 2.21. The summed E-state index contributed by atoms with van der Waals surface area (Å²) in [5.74, 6) is 0.634. The van der Waals surface area contributed by atoms with E-state index in [2.05, 4.69) is 45.6 Å². The molecule has 9 heteroatoms. The zero-order valence-corrected chi connectivity index (χ0v) is 20.7. The van der Waals surface area contributed by atoms with E-state index in [1.54, 1.807) is 7.05 Å². The topological polar surface area (TPSA) is 42.9 Å². The molecule has 176 valence electrons. The summed E-state index contributed by atoms with van der Waals surface area (Å²) in [6.45, 7) is 5.00. The van der Waals surface area contributed by atoms with Crippen molar-refractivity contribution in [2.24, 2.45) is 4.99 Å². The summed E-state index contributed by atoms with van der Waals surface area (Å²) in [4.78, 5) is 8.26. The maximum Gasteiger partial charge on any atom is 0.401 e. The number of nitrogens with zero attached hydrogens (tertiary/aromatic N) is 3. The molecular weight excluding hydrogens is 518 g/mol. The molecule has 1 aromatic rings. The molecule has 1 aromatic carbocycles. The van der Waals surface area contributed by atoms with Crippen LogP contribution in [0, 0.1) is 0 Å². The van der Waals surface area contributed by atoms with Gasteiger partial charge in [0.25, 0.3) is 0 Å². The third-order valence-electron chi connectivity index (χ3n) is 6.12. The number of likely N-dealkylation sites (tertiary alicyclic amines) is 2. The largest absolute Gasteiger partial charge is 0.401 e. The molecule has 3 rings (SSSR count). The monoisotopic (exact) mass is 553 g/mol. The molecule has 2 unspecified atom stereocenters. The molecule has 2 atom stereocenters. The minimum Gasteiger partial charge on any atom is -0.352 e. The minimum atomic E-state index is -4.15. The number of hydrogen-bond donors (Lipinski definition) is 2. The third kappa shape index (κ3) is 8.42. The predicted molar refractivity (Wildman–Crippen MR) is 130 cm³/mol. The van der Waals surface area contributed by atoms with Crippen molar-refractivity contribution < 1.29 is 13.2 Å². The van der Waals surface area contributed by atoms with E-state index in [0.29, 0.717) is 38.1 Å². The van der Waals surface area contributed by atoms with Gasteiger partial charge in [-0.3, -0.25) is 14.8 Å². The van der Waals surface area contributed by atoms with Gasteiger partial charge < -0.3 is 10.6 Å². The fourth-order valence-corrected chi connectivity index (χ4v) is 4.41. The highest BCUT2D eigenvalue weighted by Gasteiger charge is 2.34. The van der Waals surface area contributed by atoms with Gasteiger partial charge in [0, 0.05) is 45.3 Å². The maximum atomic E-state index is 12.6. The van der Waals surface area contributed by atoms with Crippen LogP contribution in [0.15, 0.2) is 29.3 Å². The maximum absolute atomic E-state index is 12.6. The fourth-order valence-electron chi connectivity index (χ4n) is 4.41. The molecule has 0 bridgehead atoms. The first-order valence-electron chi connectivity index (χ1n) is 10.9. The number of aliphatic imine (C=N–C) groups is 1. The number of rotatable bonds is 6. The summed E-state index contributed by atoms with van der Waals surface area (Å²) >= 11 is 0. The average molecular weight is 553 g/mol. The van der Waals surface area contributed by atoms with Crippen LogP contribution in [0.5, 0.6) is 0 Å². The first-order valence-corrected chi connectivity index (χ1v) is 10.9. The van der Waals surface area contributed by atoms with Crippen molar-refractivity contribution in [2.75, 3.05) is 33.2 Å². The molecule has 2 aliphatic rings. The van der Waals surface area contributed by atoms with Crippen LogP contribution >= 0.6 is 24.0 Å². The first kappa shape index (κ1) is 26.2. The van der Waals surface area contributed by atoms with Gasteiger partial charge in [0.05, 0.1) is 6.54 Å². The third-order valence-corrected chi connectivity index (χ3v) is 6.12. The lowest BCUT2D eigenvalue weighted by Crippen LogP contribution is -2.45. The Morgan fingerprint density at radius 3 is 2.55 bits per heavy atom. The van der Waals surface area contributed by atoms with Gasteiger partial charge in [-0.25, -0.2) is 0 Å². The van der Waals surface area contributed by atoms with E-state index in [9.17, 15) is 13.2 Å². The van der Waals surface area contributed by atoms with Crippen LogP contribution in [0.3, 0.4) is 0 Å². The van der Waals surface area contributed by atoms with Crippen molar-refractivity contribution in [3.63, 3.8) is 0 Å². The molecule has 0 spiro atoms. The molecule has 0 aliphatic carbocycles. The molecule has 2 fully saturated rings. The highest BCUT2D eigenvalue weighted by molar-refractivity contribution is 14.0. The van der Waals surface area contributed by atoms with E-state index in [1.807, 2.05) is 6.07 Å². The Morgan fingerprint density at radius 1 is 1.13 bits per heavy atom. The van der Waals surface area contributed by atoms with Crippen molar-refractivity contribution in [3.05, 3.63) is 35.4 Å². The van der Waals surface area contributed by atoms with Crippen LogP contribution < -0.4 is 10.6 Å². The molecule has 2 heterocycles. The SMILES string of the molecule is CN=C(NCc1ccccc1CN1CCCCC1C)NC1CCN(CC(F)(F)F)C1.I. The Balaban J connectivity index is 0.00000341. The van der Waals surface area contributed by atoms with Crippen molar-refractivity contribution >= 4 is 29.9 Å². The fraction of sp³-hybridized carbons (Fsp3) is 0.682. The number of guanidine groups is 1. The molecule has 0 radical (unpaired) electrons. The lowest BCUT2D eigenvalue weighted by atomic mass is 10.0. The normalized spacial score (nSPS) is 23.5. The summed E-state index contributed by atoms with van der Waals surface area (Å²) in [5, 5.41) is 6.62. The van der Waals surface area contributed by atoms with Gasteiger partial charge in [-0.2, -0.15) is 13.2 Å². The summed E-state index contributed by atoms with van der Waals surface area (Å²) < 4.78 is 37.8. The second kappa shape index (κ2) is 12.2. The van der Waals surface area contributed by atoms with Gasteiger partial charge in [-0.05, 0) is 43.9 Å². The average Bonchev–Trinajstić information content (AvgIpc) is 3.13. The second-order valence-electron chi connectivity index (χ2n) is 8.49. The molecule has 0 amide bonds. The zero-order chi connectivity index (χ0) is 21.6. The highest BCUT2D eigenvalue weighted by atomic mass is 127. The van der Waals surface area contributed by atoms with E-state index < -0.39 is 12.7 Å². The standard InChI is InChI=1S/C22H34F3N5.HI/c1-17-7-5-6-11-30(17)14-19-9-4-3-8-18(19)13-27-21(26-2)28-20-10-12-29(15-20)16-22(23,24)25;/h3-4,8-9,17,20H,5-7,10-16H2,1-2H3,(H2,26,27,28);1H. The predicted octanol–water partition coefficient (Wildman–Crippen LogP) is 3.98. The van der Waals surface area contributed by atoms with Crippen molar-refractivity contribution in [3.8, 4) is 0 Å². The van der Waals surface area contributed by atoms with Gasteiger partial charge in [-0.1, -0.05) is 30.7 Å². The molecule has 31 heavy (non-hydrogen) atoms. The van der Waals surface area contributed by atoms with Gasteiger partial charge in [0.2, 0.25) is 0 Å². The van der Waals surface area contributed by atoms with E-state index in [4.69, 9.17) is 0 Å². The van der Waals surface area contributed by atoms with Gasteiger partial charge in [0.15, 0.2) is 5.96 Å². The number of hydrogen-bond acceptors (Lipinski definition) is 3. The van der Waals surface area contributed by atoms with E-state index >= 15 is 0 Å². The minimum absolute atomic E-state index is 0. The summed E-state index contributed by atoms with van der Waals surface area (Å²) in [5.41, 5.74) is 2.54. The Hall–Kier alpha value is -1.07.